The van der Waals surface area contributed by atoms with E-state index in [1.807, 2.05) is 62.4 Å². The highest BCUT2D eigenvalue weighted by Crippen LogP contribution is 2.63. The number of nitrogens with one attached hydrogen (secondary N) is 2. The zero-order valence-electron chi connectivity index (χ0n) is 20.5. The third-order valence-electron chi connectivity index (χ3n) is 6.85. The zero-order valence-corrected chi connectivity index (χ0v) is 20.5. The molecule has 3 fully saturated rings. The van der Waals surface area contributed by atoms with E-state index in [0.717, 1.165) is 34.4 Å². The van der Waals surface area contributed by atoms with Gasteiger partial charge >= 0.3 is 0 Å². The predicted octanol–water partition coefficient (Wildman–Crippen LogP) is 6.12. The molecule has 3 aliphatic carbocycles. The molecule has 6 rings (SSSR count). The molecule has 6 heteroatoms. The number of aryl methyl sites for hydroxylation is 2. The van der Waals surface area contributed by atoms with Crippen LogP contribution in [-0.2, 0) is 11.2 Å². The van der Waals surface area contributed by atoms with Gasteiger partial charge in [-0.2, -0.15) is 0 Å². The van der Waals surface area contributed by atoms with E-state index in [2.05, 4.69) is 22.5 Å². The average molecular weight is 478 g/mol. The SMILES string of the molecule is CC12CC(C1)C2.Cc1ccc(NC(=O)[C@H](Cc2ccccc2)NC(=O)c2ccc(F)cn2)c(C)c1.[HH].[HH]. The van der Waals surface area contributed by atoms with Gasteiger partial charge < -0.3 is 10.6 Å². The van der Waals surface area contributed by atoms with Crippen LogP contribution >= 0.6 is 0 Å². The summed E-state index contributed by atoms with van der Waals surface area (Å²) in [6.45, 7) is 6.29. The highest BCUT2D eigenvalue weighted by Gasteiger charge is 2.52. The maximum Gasteiger partial charge on any atom is 0.270 e. The number of carbonyl (C=O) groups is 2. The van der Waals surface area contributed by atoms with Gasteiger partial charge in [0, 0.05) is 15.0 Å². The molecule has 2 bridgehead atoms. The maximum absolute atomic E-state index is 13.1. The van der Waals surface area contributed by atoms with Crippen LogP contribution in [0.1, 0.15) is 56.2 Å². The summed E-state index contributed by atoms with van der Waals surface area (Å²) in [7, 11) is 0. The van der Waals surface area contributed by atoms with Crippen molar-refractivity contribution in [3.63, 3.8) is 0 Å². The summed E-state index contributed by atoms with van der Waals surface area (Å²) in [4.78, 5) is 29.3. The van der Waals surface area contributed by atoms with E-state index in [1.165, 1.54) is 12.0 Å². The molecule has 1 atom stereocenters. The Hall–Kier alpha value is -3.54. The molecule has 2 N–H and O–H groups in total. The number of rotatable bonds is 6. The van der Waals surface area contributed by atoms with Gasteiger partial charge in [-0.3, -0.25) is 9.59 Å². The normalized spacial score (nSPS) is 20.3. The van der Waals surface area contributed by atoms with Gasteiger partial charge in [0.1, 0.15) is 17.6 Å². The summed E-state index contributed by atoms with van der Waals surface area (Å²) < 4.78 is 13.1. The second kappa shape index (κ2) is 10.4. The Bertz CT molecular complexity index is 1190. The number of nitrogens with zero attached hydrogens (tertiary/aromatic N) is 1. The summed E-state index contributed by atoms with van der Waals surface area (Å²) >= 11 is 0. The molecule has 0 aliphatic heterocycles. The van der Waals surface area contributed by atoms with Crippen LogP contribution in [0.5, 0.6) is 0 Å². The average Bonchev–Trinajstić information content (AvgIpc) is 2.80. The van der Waals surface area contributed by atoms with Gasteiger partial charge in [-0.1, -0.05) is 55.0 Å². The zero-order chi connectivity index (χ0) is 25.0. The Morgan fingerprint density at radius 2 is 1.77 bits per heavy atom. The van der Waals surface area contributed by atoms with Crippen LogP contribution in [0.4, 0.5) is 10.1 Å². The number of hydrogen-bond donors (Lipinski definition) is 2. The van der Waals surface area contributed by atoms with E-state index < -0.39 is 17.8 Å². The molecule has 2 aromatic carbocycles. The van der Waals surface area contributed by atoms with E-state index in [-0.39, 0.29) is 14.5 Å². The Kier molecular flexibility index (Phi) is 7.29. The summed E-state index contributed by atoms with van der Waals surface area (Å²) in [5, 5.41) is 5.61. The molecule has 186 valence electrons. The van der Waals surface area contributed by atoms with Crippen LogP contribution in [0.3, 0.4) is 0 Å². The molecule has 0 unspecified atom stereocenters. The van der Waals surface area contributed by atoms with E-state index >= 15 is 0 Å². The van der Waals surface area contributed by atoms with Crippen molar-refractivity contribution in [1.29, 1.82) is 0 Å². The van der Waals surface area contributed by atoms with E-state index in [9.17, 15) is 14.0 Å². The number of benzene rings is 2. The molecule has 0 saturated heterocycles. The number of aromatic nitrogens is 1. The van der Waals surface area contributed by atoms with Crippen molar-refractivity contribution in [2.75, 3.05) is 5.32 Å². The number of anilines is 1. The second-order valence-corrected chi connectivity index (χ2v) is 10.2. The Morgan fingerprint density at radius 1 is 1.09 bits per heavy atom. The lowest BCUT2D eigenvalue weighted by molar-refractivity contribution is -0.118. The standard InChI is InChI=1S/C23H22FN3O2.C6H10.2H2/c1-15-8-10-19(16(2)12-15)26-23(29)21(13-17-6-4-3-5-7-17)27-22(28)20-11-9-18(24)14-25-20;1-6-2-5(3-6)4-6;;/h3-12,14,21H,13H2,1-2H3,(H,26,29)(H,27,28);5H,2-4H2,1H3;2*1H/t21-;;;/m0.../s1. The summed E-state index contributed by atoms with van der Waals surface area (Å²) in [6, 6.07) is 16.8. The van der Waals surface area contributed by atoms with Gasteiger partial charge in [0.15, 0.2) is 0 Å². The lowest BCUT2D eigenvalue weighted by Gasteiger charge is -2.60. The molecule has 35 heavy (non-hydrogen) atoms. The predicted molar refractivity (Wildman–Crippen MR) is 140 cm³/mol. The van der Waals surface area contributed by atoms with Crippen LogP contribution in [0.15, 0.2) is 66.9 Å². The van der Waals surface area contributed by atoms with E-state index in [1.54, 1.807) is 19.3 Å². The number of amides is 2. The molecule has 1 heterocycles. The fraction of sp³-hybridized carbons (Fsp3) is 0.345. The fourth-order valence-electron chi connectivity index (χ4n) is 4.89. The summed E-state index contributed by atoms with van der Waals surface area (Å²) in [5.41, 5.74) is 4.53. The van der Waals surface area contributed by atoms with Crippen LogP contribution in [0.25, 0.3) is 0 Å². The molecule has 3 saturated carbocycles. The van der Waals surface area contributed by atoms with Crippen molar-refractivity contribution in [2.24, 2.45) is 11.3 Å². The van der Waals surface area contributed by atoms with Crippen LogP contribution in [0, 0.1) is 31.0 Å². The minimum atomic E-state index is -0.822. The first-order chi connectivity index (χ1) is 16.7. The molecular weight excluding hydrogens is 441 g/mol. The third kappa shape index (κ3) is 6.32. The maximum atomic E-state index is 13.1. The second-order valence-electron chi connectivity index (χ2n) is 10.2. The smallest absolute Gasteiger partial charge is 0.270 e. The van der Waals surface area contributed by atoms with Crippen molar-refractivity contribution in [2.45, 2.75) is 52.5 Å². The highest BCUT2D eigenvalue weighted by molar-refractivity contribution is 6.00. The van der Waals surface area contributed by atoms with Gasteiger partial charge in [-0.15, -0.1) is 0 Å². The number of pyridine rings is 1. The molecule has 0 spiro atoms. The minimum Gasteiger partial charge on any atom is -0.339 e. The largest absolute Gasteiger partial charge is 0.339 e. The molecule has 0 radical (unpaired) electrons. The van der Waals surface area contributed by atoms with Crippen LogP contribution in [0.2, 0.25) is 0 Å². The number of halogens is 1. The molecule has 3 aliphatic rings. The minimum absolute atomic E-state index is 0. The Balaban J connectivity index is 0.000000519. The lowest BCUT2D eigenvalue weighted by atomic mass is 9.46. The van der Waals surface area contributed by atoms with Crippen LogP contribution < -0.4 is 10.6 Å². The molecule has 3 aromatic rings. The van der Waals surface area contributed by atoms with Gasteiger partial charge in [0.25, 0.3) is 5.91 Å². The summed E-state index contributed by atoms with van der Waals surface area (Å²) in [5.74, 6) is -0.233. The van der Waals surface area contributed by atoms with Crippen molar-refractivity contribution >= 4 is 17.5 Å². The molecule has 5 nitrogen and oxygen atoms in total. The third-order valence-corrected chi connectivity index (χ3v) is 6.85. The fourth-order valence-corrected chi connectivity index (χ4v) is 4.89. The first-order valence-corrected chi connectivity index (χ1v) is 12.1. The van der Waals surface area contributed by atoms with E-state index in [4.69, 9.17) is 0 Å². The van der Waals surface area contributed by atoms with Crippen molar-refractivity contribution in [1.82, 2.24) is 10.3 Å². The lowest BCUT2D eigenvalue weighted by Crippen LogP contribution is -2.48. The number of carbonyl (C=O) groups excluding carboxylic acids is 2. The topological polar surface area (TPSA) is 71.1 Å². The monoisotopic (exact) mass is 477 g/mol. The first-order valence-electron chi connectivity index (χ1n) is 12.1. The highest BCUT2D eigenvalue weighted by atomic mass is 19.1. The van der Waals surface area contributed by atoms with E-state index in [0.29, 0.717) is 12.1 Å². The van der Waals surface area contributed by atoms with Gasteiger partial charge in [0.2, 0.25) is 5.91 Å². The Morgan fingerprint density at radius 3 is 2.31 bits per heavy atom. The summed E-state index contributed by atoms with van der Waals surface area (Å²) in [6.07, 6.45) is 5.92. The first kappa shape index (κ1) is 24.6. The molecular formula is C29H36FN3O2. The van der Waals surface area contributed by atoms with Crippen molar-refractivity contribution in [3.05, 3.63) is 95.1 Å². The van der Waals surface area contributed by atoms with Gasteiger partial charge in [0.05, 0.1) is 6.20 Å². The molecule has 2 amide bonds. The van der Waals surface area contributed by atoms with Crippen molar-refractivity contribution < 1.29 is 16.8 Å². The van der Waals surface area contributed by atoms with Crippen molar-refractivity contribution in [3.8, 4) is 0 Å². The number of hydrogen-bond acceptors (Lipinski definition) is 3. The quantitative estimate of drug-likeness (QED) is 0.450. The Labute approximate surface area is 209 Å². The van der Waals surface area contributed by atoms with Crippen LogP contribution in [-0.4, -0.2) is 22.8 Å². The van der Waals surface area contributed by atoms with Gasteiger partial charge in [-0.05, 0) is 73.8 Å². The molecule has 1 aromatic heterocycles. The van der Waals surface area contributed by atoms with Gasteiger partial charge in [-0.25, -0.2) is 9.37 Å².